The minimum Gasteiger partial charge on any atom is -0.508 e. The van der Waals surface area contributed by atoms with Crippen LogP contribution in [-0.2, 0) is 9.47 Å². The van der Waals surface area contributed by atoms with Crippen LogP contribution in [0.3, 0.4) is 0 Å². The molecule has 0 saturated heterocycles. The van der Waals surface area contributed by atoms with Crippen LogP contribution in [0.2, 0.25) is 0 Å². The van der Waals surface area contributed by atoms with E-state index in [4.69, 9.17) is 9.47 Å². The molecule has 1 atom stereocenters. The summed E-state index contributed by atoms with van der Waals surface area (Å²) < 4.78 is 10.9. The van der Waals surface area contributed by atoms with Crippen molar-refractivity contribution in [2.75, 3.05) is 17.2 Å². The van der Waals surface area contributed by atoms with Crippen molar-refractivity contribution < 1.29 is 29.3 Å². The summed E-state index contributed by atoms with van der Waals surface area (Å²) in [4.78, 5) is 24.2. The Morgan fingerprint density at radius 1 is 0.675 bits per heavy atom. The summed E-state index contributed by atoms with van der Waals surface area (Å²) >= 11 is 0. The van der Waals surface area contributed by atoms with Gasteiger partial charge in [-0.1, -0.05) is 83.3 Å². The molecular formula is C32H48N2O6. The van der Waals surface area contributed by atoms with Crippen LogP contribution in [0.4, 0.5) is 21.0 Å². The fraction of sp³-hybridized carbons (Fsp3) is 0.562. The van der Waals surface area contributed by atoms with Gasteiger partial charge >= 0.3 is 12.2 Å². The fourth-order valence-electron chi connectivity index (χ4n) is 4.56. The molecule has 4 N–H and O–H groups in total. The Balaban J connectivity index is 1.49. The normalized spacial score (nSPS) is 11.5. The molecule has 0 aliphatic rings. The summed E-state index contributed by atoms with van der Waals surface area (Å²) in [6.45, 7) is 2.57. The zero-order valence-electron chi connectivity index (χ0n) is 24.0. The Hall–Kier alpha value is -3.42. The van der Waals surface area contributed by atoms with Crippen LogP contribution >= 0.6 is 0 Å². The van der Waals surface area contributed by atoms with Gasteiger partial charge in [0, 0.05) is 23.5 Å². The molecule has 0 aliphatic carbocycles. The van der Waals surface area contributed by atoms with Crippen molar-refractivity contribution >= 4 is 23.6 Å². The molecule has 0 radical (unpaired) electrons. The maximum atomic E-state index is 12.4. The molecule has 1 unspecified atom stereocenters. The number of anilines is 2. The van der Waals surface area contributed by atoms with Crippen LogP contribution in [0.5, 0.6) is 11.5 Å². The molecule has 2 aromatic carbocycles. The number of carbonyl (C=O) groups is 2. The average Bonchev–Trinajstić information content (AvgIpc) is 2.91. The van der Waals surface area contributed by atoms with Gasteiger partial charge in [0.2, 0.25) is 0 Å². The summed E-state index contributed by atoms with van der Waals surface area (Å²) in [5.41, 5.74) is 1.04. The minimum atomic E-state index is -0.503. The highest BCUT2D eigenvalue weighted by Crippen LogP contribution is 2.20. The maximum absolute atomic E-state index is 12.4. The number of phenols is 2. The van der Waals surface area contributed by atoms with Gasteiger partial charge in [0.25, 0.3) is 0 Å². The number of ether oxygens (including phenoxy) is 2. The smallest absolute Gasteiger partial charge is 0.411 e. The standard InChI is InChI=1S/C32H48N2O6/c1-2-3-4-12-21-30(40-32(38)34-27-18-16-20-29(36)25-27)22-13-10-8-6-5-7-9-11-14-23-39-31(37)33-26-17-15-19-28(35)24-26/h15-20,24-25,30,35-36H,2-14,21-23H2,1H3,(H,33,37)(H,34,38). The molecule has 0 spiro atoms. The predicted octanol–water partition coefficient (Wildman–Crippen LogP) is 9.14. The first kappa shape index (κ1) is 32.8. The fourth-order valence-corrected chi connectivity index (χ4v) is 4.56. The lowest BCUT2D eigenvalue weighted by Gasteiger charge is -2.18. The number of phenolic OH excluding ortho intramolecular Hbond substituents is 2. The molecule has 0 aromatic heterocycles. The lowest BCUT2D eigenvalue weighted by molar-refractivity contribution is 0.0960. The number of unbranched alkanes of at least 4 members (excludes halogenated alkanes) is 11. The quantitative estimate of drug-likeness (QED) is 0.121. The zero-order valence-corrected chi connectivity index (χ0v) is 24.0. The van der Waals surface area contributed by atoms with Gasteiger partial charge < -0.3 is 19.7 Å². The summed E-state index contributed by atoms with van der Waals surface area (Å²) in [5, 5.41) is 24.3. The molecule has 222 valence electrons. The number of aromatic hydroxyl groups is 2. The van der Waals surface area contributed by atoms with E-state index in [1.165, 1.54) is 50.7 Å². The first-order chi connectivity index (χ1) is 19.5. The third kappa shape index (κ3) is 15.9. The summed E-state index contributed by atoms with van der Waals surface area (Å²) in [6.07, 6.45) is 15.2. The highest BCUT2D eigenvalue weighted by atomic mass is 16.6. The monoisotopic (exact) mass is 556 g/mol. The maximum Gasteiger partial charge on any atom is 0.411 e. The molecule has 2 amide bonds. The van der Waals surface area contributed by atoms with Crippen molar-refractivity contribution in [1.29, 1.82) is 0 Å². The Bertz CT molecular complexity index is 983. The topological polar surface area (TPSA) is 117 Å². The first-order valence-corrected chi connectivity index (χ1v) is 15.0. The third-order valence-corrected chi connectivity index (χ3v) is 6.74. The summed E-state index contributed by atoms with van der Waals surface area (Å²) in [7, 11) is 0. The van der Waals surface area contributed by atoms with Crippen LogP contribution < -0.4 is 10.6 Å². The first-order valence-electron chi connectivity index (χ1n) is 15.0. The van der Waals surface area contributed by atoms with Gasteiger partial charge in [-0.15, -0.1) is 0 Å². The number of hydrogen-bond acceptors (Lipinski definition) is 6. The number of hydrogen-bond donors (Lipinski definition) is 4. The SMILES string of the molecule is CCCCCCC(CCCCCCCCCCCOC(=O)Nc1cccc(O)c1)OC(=O)Nc1cccc(O)c1. The second-order valence-corrected chi connectivity index (χ2v) is 10.3. The Kier molecular flexibility index (Phi) is 16.8. The molecule has 8 nitrogen and oxygen atoms in total. The van der Waals surface area contributed by atoms with E-state index in [0.29, 0.717) is 18.0 Å². The number of rotatable bonds is 20. The molecule has 40 heavy (non-hydrogen) atoms. The van der Waals surface area contributed by atoms with E-state index in [1.807, 2.05) is 0 Å². The van der Waals surface area contributed by atoms with Gasteiger partial charge in [-0.25, -0.2) is 9.59 Å². The van der Waals surface area contributed by atoms with E-state index in [9.17, 15) is 19.8 Å². The third-order valence-electron chi connectivity index (χ3n) is 6.74. The van der Waals surface area contributed by atoms with Crippen LogP contribution in [0.15, 0.2) is 48.5 Å². The minimum absolute atomic E-state index is 0.0849. The second kappa shape index (κ2) is 20.5. The van der Waals surface area contributed by atoms with E-state index in [-0.39, 0.29) is 17.6 Å². The molecule has 0 heterocycles. The van der Waals surface area contributed by atoms with Gasteiger partial charge in [-0.2, -0.15) is 0 Å². The van der Waals surface area contributed by atoms with Gasteiger partial charge in [0.05, 0.1) is 6.61 Å². The van der Waals surface area contributed by atoms with Crippen LogP contribution in [0, 0.1) is 0 Å². The van der Waals surface area contributed by atoms with Crippen molar-refractivity contribution in [3.8, 4) is 11.5 Å². The Morgan fingerprint density at radius 2 is 1.15 bits per heavy atom. The second-order valence-electron chi connectivity index (χ2n) is 10.3. The Labute approximate surface area is 239 Å². The number of amides is 2. The van der Waals surface area contributed by atoms with E-state index in [2.05, 4.69) is 17.6 Å². The van der Waals surface area contributed by atoms with Crippen LogP contribution in [0.25, 0.3) is 0 Å². The van der Waals surface area contributed by atoms with Gasteiger partial charge in [-0.3, -0.25) is 10.6 Å². The largest absolute Gasteiger partial charge is 0.508 e. The van der Waals surface area contributed by atoms with Crippen LogP contribution in [-0.4, -0.2) is 35.1 Å². The van der Waals surface area contributed by atoms with E-state index in [0.717, 1.165) is 57.8 Å². The number of nitrogens with one attached hydrogen (secondary N) is 2. The summed E-state index contributed by atoms with van der Waals surface area (Å²) in [6, 6.07) is 12.9. The highest BCUT2D eigenvalue weighted by molar-refractivity contribution is 5.85. The molecule has 0 aliphatic heterocycles. The van der Waals surface area contributed by atoms with Crippen molar-refractivity contribution in [2.24, 2.45) is 0 Å². The Morgan fingerprint density at radius 3 is 1.68 bits per heavy atom. The molecule has 0 bridgehead atoms. The van der Waals surface area contributed by atoms with Gasteiger partial charge in [0.1, 0.15) is 17.6 Å². The van der Waals surface area contributed by atoms with Crippen LogP contribution in [0.1, 0.15) is 103 Å². The molecule has 0 saturated carbocycles. The predicted molar refractivity (Wildman–Crippen MR) is 160 cm³/mol. The van der Waals surface area contributed by atoms with Crippen molar-refractivity contribution in [2.45, 2.75) is 109 Å². The van der Waals surface area contributed by atoms with E-state index >= 15 is 0 Å². The van der Waals surface area contributed by atoms with E-state index in [1.54, 1.807) is 36.4 Å². The van der Waals surface area contributed by atoms with E-state index < -0.39 is 12.2 Å². The van der Waals surface area contributed by atoms with Gasteiger partial charge in [-0.05, 0) is 56.4 Å². The van der Waals surface area contributed by atoms with Crippen molar-refractivity contribution in [3.63, 3.8) is 0 Å². The van der Waals surface area contributed by atoms with Crippen molar-refractivity contribution in [3.05, 3.63) is 48.5 Å². The lowest BCUT2D eigenvalue weighted by Crippen LogP contribution is -2.22. The molecule has 0 fully saturated rings. The molecule has 2 aromatic rings. The molecule has 2 rings (SSSR count). The van der Waals surface area contributed by atoms with Crippen molar-refractivity contribution in [1.82, 2.24) is 0 Å². The number of benzene rings is 2. The lowest BCUT2D eigenvalue weighted by atomic mass is 10.0. The summed E-state index contributed by atoms with van der Waals surface area (Å²) in [5.74, 6) is 0.204. The number of carbonyl (C=O) groups excluding carboxylic acids is 2. The average molecular weight is 557 g/mol. The highest BCUT2D eigenvalue weighted by Gasteiger charge is 2.14. The van der Waals surface area contributed by atoms with Gasteiger partial charge in [0.15, 0.2) is 0 Å². The molecule has 8 heteroatoms. The zero-order chi connectivity index (χ0) is 28.8. The molecular weight excluding hydrogens is 508 g/mol.